The zero-order valence-electron chi connectivity index (χ0n) is 25.0. The van der Waals surface area contributed by atoms with E-state index in [1.807, 2.05) is 0 Å². The molecule has 35 heavy (non-hydrogen) atoms. The lowest BCUT2D eigenvalue weighted by Gasteiger charge is -2.38. The Morgan fingerprint density at radius 2 is 1.31 bits per heavy atom. The van der Waals surface area contributed by atoms with E-state index in [1.165, 1.54) is 6.42 Å². The van der Waals surface area contributed by atoms with Gasteiger partial charge in [-0.3, -0.25) is 0 Å². The molecule has 0 aliphatic heterocycles. The Hall–Kier alpha value is -0.200. The van der Waals surface area contributed by atoms with Crippen LogP contribution in [0.2, 0.25) is 0 Å². The van der Waals surface area contributed by atoms with Crippen molar-refractivity contribution in [1.82, 2.24) is 0 Å². The zero-order chi connectivity index (χ0) is 26.5. The molecule has 0 heterocycles. The van der Waals surface area contributed by atoms with Crippen molar-refractivity contribution >= 4 is 0 Å². The van der Waals surface area contributed by atoms with Crippen molar-refractivity contribution < 1.29 is 24.0 Å². The third-order valence-corrected chi connectivity index (χ3v) is 6.93. The van der Waals surface area contributed by atoms with Gasteiger partial charge in [0.2, 0.25) is 0 Å². The van der Waals surface area contributed by atoms with Crippen molar-refractivity contribution in [1.29, 1.82) is 0 Å². The summed E-state index contributed by atoms with van der Waals surface area (Å²) in [7, 11) is 0. The van der Waals surface area contributed by atoms with Crippen LogP contribution in [0.4, 0.5) is 0 Å². The number of hydrogen-bond donors (Lipinski definition) is 0. The SMILES string of the molecule is CCCC(C)COC(CCCCCOOCCC(C)CC)(OCC(CC)CC)OC(C)CC(C)C. The summed E-state index contributed by atoms with van der Waals surface area (Å²) in [4.78, 5) is 10.7. The first-order chi connectivity index (χ1) is 16.7. The van der Waals surface area contributed by atoms with Crippen LogP contribution in [0.15, 0.2) is 0 Å². The summed E-state index contributed by atoms with van der Waals surface area (Å²) in [6, 6.07) is 0. The first-order valence-electron chi connectivity index (χ1n) is 14.9. The first kappa shape index (κ1) is 34.8. The first-order valence-corrected chi connectivity index (χ1v) is 14.9. The second kappa shape index (κ2) is 21.8. The van der Waals surface area contributed by atoms with Gasteiger partial charge in [0, 0.05) is 6.42 Å². The molecule has 0 amide bonds. The Kier molecular flexibility index (Phi) is 21.7. The van der Waals surface area contributed by atoms with Crippen LogP contribution in [0.1, 0.15) is 133 Å². The highest BCUT2D eigenvalue weighted by Gasteiger charge is 2.36. The van der Waals surface area contributed by atoms with E-state index in [1.54, 1.807) is 0 Å². The molecule has 0 fully saturated rings. The van der Waals surface area contributed by atoms with Crippen LogP contribution in [0.25, 0.3) is 0 Å². The van der Waals surface area contributed by atoms with Gasteiger partial charge in [-0.2, -0.15) is 0 Å². The molecule has 0 N–H and O–H groups in total. The van der Waals surface area contributed by atoms with Crippen LogP contribution in [0.5, 0.6) is 0 Å². The molecule has 0 saturated heterocycles. The van der Waals surface area contributed by atoms with Gasteiger partial charge in [-0.05, 0) is 62.7 Å². The fraction of sp³-hybridized carbons (Fsp3) is 1.00. The predicted octanol–water partition coefficient (Wildman–Crippen LogP) is 8.94. The average Bonchev–Trinajstić information content (AvgIpc) is 2.81. The summed E-state index contributed by atoms with van der Waals surface area (Å²) in [5.41, 5.74) is 0. The normalized spacial score (nSPS) is 16.5. The molecule has 0 rings (SSSR count). The topological polar surface area (TPSA) is 46.2 Å². The van der Waals surface area contributed by atoms with E-state index < -0.39 is 5.97 Å². The van der Waals surface area contributed by atoms with E-state index in [0.717, 1.165) is 64.2 Å². The molecule has 5 heteroatoms. The van der Waals surface area contributed by atoms with Crippen molar-refractivity contribution in [3.8, 4) is 0 Å². The number of hydrogen-bond acceptors (Lipinski definition) is 5. The Bertz CT molecular complexity index is 454. The predicted molar refractivity (Wildman–Crippen MR) is 147 cm³/mol. The molecule has 0 aromatic carbocycles. The van der Waals surface area contributed by atoms with Gasteiger partial charge in [-0.15, -0.1) is 0 Å². The van der Waals surface area contributed by atoms with E-state index in [2.05, 4.69) is 62.3 Å². The zero-order valence-corrected chi connectivity index (χ0v) is 25.0. The van der Waals surface area contributed by atoms with Gasteiger partial charge in [0.05, 0.1) is 32.5 Å². The van der Waals surface area contributed by atoms with Crippen LogP contribution in [-0.2, 0) is 24.0 Å². The van der Waals surface area contributed by atoms with Crippen molar-refractivity contribution in [3.63, 3.8) is 0 Å². The van der Waals surface area contributed by atoms with E-state index >= 15 is 0 Å². The van der Waals surface area contributed by atoms with Crippen LogP contribution in [0.3, 0.4) is 0 Å². The van der Waals surface area contributed by atoms with E-state index in [4.69, 9.17) is 24.0 Å². The third-order valence-electron chi connectivity index (χ3n) is 6.93. The van der Waals surface area contributed by atoms with Gasteiger partial charge in [0.15, 0.2) is 0 Å². The highest BCUT2D eigenvalue weighted by atomic mass is 17.2. The number of ether oxygens (including phenoxy) is 3. The molecule has 0 aromatic rings. The number of unbranched alkanes of at least 4 members (excludes halogenated alkanes) is 2. The minimum absolute atomic E-state index is 0.0837. The summed E-state index contributed by atoms with van der Waals surface area (Å²) in [5.74, 6) is 1.30. The fourth-order valence-electron chi connectivity index (χ4n) is 4.20. The molecular formula is C30H62O5. The monoisotopic (exact) mass is 502 g/mol. The molecule has 0 saturated carbocycles. The quantitative estimate of drug-likeness (QED) is 0.0539. The maximum Gasteiger partial charge on any atom is 0.283 e. The summed E-state index contributed by atoms with van der Waals surface area (Å²) >= 11 is 0. The molecule has 0 radical (unpaired) electrons. The maximum absolute atomic E-state index is 6.61. The second-order valence-electron chi connectivity index (χ2n) is 11.2. The largest absolute Gasteiger partial charge is 0.327 e. The van der Waals surface area contributed by atoms with Gasteiger partial charge >= 0.3 is 0 Å². The summed E-state index contributed by atoms with van der Waals surface area (Å²) in [6.45, 7) is 22.7. The van der Waals surface area contributed by atoms with Crippen molar-refractivity contribution in [2.45, 2.75) is 145 Å². The Morgan fingerprint density at radius 1 is 0.657 bits per heavy atom. The summed E-state index contributed by atoms with van der Waals surface area (Å²) in [6.07, 6.45) is 11.5. The van der Waals surface area contributed by atoms with Crippen molar-refractivity contribution in [2.24, 2.45) is 23.7 Å². The summed E-state index contributed by atoms with van der Waals surface area (Å²) in [5, 5.41) is 0. The Balaban J connectivity index is 4.97. The van der Waals surface area contributed by atoms with Gasteiger partial charge in [-0.1, -0.05) is 87.5 Å². The van der Waals surface area contributed by atoms with Crippen LogP contribution >= 0.6 is 0 Å². The standard InChI is InChI=1S/C30H62O5/c1-10-17-27(8)23-31-30(32-24-29(12-3)13-4,35-28(9)22-25(5)6)19-15-14-16-20-33-34-21-18-26(7)11-2/h25-29H,10-24H2,1-9H3. The van der Waals surface area contributed by atoms with Crippen LogP contribution in [-0.4, -0.2) is 38.5 Å². The average molecular weight is 503 g/mol. The van der Waals surface area contributed by atoms with Crippen molar-refractivity contribution in [3.05, 3.63) is 0 Å². The van der Waals surface area contributed by atoms with Crippen LogP contribution < -0.4 is 0 Å². The van der Waals surface area contributed by atoms with E-state index in [-0.39, 0.29) is 6.10 Å². The molecular weight excluding hydrogens is 440 g/mol. The highest BCUT2D eigenvalue weighted by molar-refractivity contribution is 4.67. The lowest BCUT2D eigenvalue weighted by Crippen LogP contribution is -2.44. The molecule has 0 bridgehead atoms. The minimum atomic E-state index is -0.966. The Morgan fingerprint density at radius 3 is 1.91 bits per heavy atom. The Labute approximate surface area is 219 Å². The second-order valence-corrected chi connectivity index (χ2v) is 11.2. The molecule has 0 spiro atoms. The molecule has 4 unspecified atom stereocenters. The van der Waals surface area contributed by atoms with Gasteiger partial charge in [0.1, 0.15) is 0 Å². The molecule has 0 aromatic heterocycles. The fourth-order valence-corrected chi connectivity index (χ4v) is 4.20. The lowest BCUT2D eigenvalue weighted by molar-refractivity contribution is -0.401. The summed E-state index contributed by atoms with van der Waals surface area (Å²) < 4.78 is 19.7. The third kappa shape index (κ3) is 18.7. The maximum atomic E-state index is 6.61. The molecule has 5 nitrogen and oxygen atoms in total. The lowest BCUT2D eigenvalue weighted by atomic mass is 10.0. The van der Waals surface area contributed by atoms with Crippen molar-refractivity contribution in [2.75, 3.05) is 26.4 Å². The molecule has 0 aliphatic rings. The van der Waals surface area contributed by atoms with Gasteiger partial charge < -0.3 is 14.2 Å². The van der Waals surface area contributed by atoms with Gasteiger partial charge in [0.25, 0.3) is 5.97 Å². The van der Waals surface area contributed by atoms with Gasteiger partial charge in [-0.25, -0.2) is 9.78 Å². The number of rotatable bonds is 25. The highest BCUT2D eigenvalue weighted by Crippen LogP contribution is 2.30. The minimum Gasteiger partial charge on any atom is -0.327 e. The molecule has 212 valence electrons. The smallest absolute Gasteiger partial charge is 0.283 e. The van der Waals surface area contributed by atoms with E-state index in [9.17, 15) is 0 Å². The van der Waals surface area contributed by atoms with Crippen LogP contribution in [0, 0.1) is 23.7 Å². The molecule has 0 aliphatic carbocycles. The molecule has 4 atom stereocenters. The van der Waals surface area contributed by atoms with E-state index in [0.29, 0.717) is 50.1 Å².